The molecule has 1 aromatic heterocycles. The van der Waals surface area contributed by atoms with Crippen molar-refractivity contribution in [3.63, 3.8) is 0 Å². The number of urea groups is 1. The van der Waals surface area contributed by atoms with Gasteiger partial charge in [-0.1, -0.05) is 6.07 Å². The van der Waals surface area contributed by atoms with Crippen LogP contribution in [0.2, 0.25) is 0 Å². The molecule has 0 bridgehead atoms. The molecular formula is C14H18N2O3S. The van der Waals surface area contributed by atoms with E-state index in [9.17, 15) is 14.7 Å². The van der Waals surface area contributed by atoms with Crippen LogP contribution in [-0.4, -0.2) is 33.6 Å². The van der Waals surface area contributed by atoms with Crippen molar-refractivity contribution in [3.8, 4) is 0 Å². The van der Waals surface area contributed by atoms with E-state index in [1.165, 1.54) is 0 Å². The van der Waals surface area contributed by atoms with Gasteiger partial charge in [-0.05, 0) is 43.6 Å². The van der Waals surface area contributed by atoms with E-state index in [0.717, 1.165) is 24.1 Å². The molecule has 20 heavy (non-hydrogen) atoms. The Morgan fingerprint density at radius 3 is 2.65 bits per heavy atom. The molecule has 0 radical (unpaired) electrons. The number of hydrogen-bond acceptors (Lipinski definition) is 3. The molecule has 0 aliphatic heterocycles. The van der Waals surface area contributed by atoms with Gasteiger partial charge in [0.2, 0.25) is 0 Å². The number of carbonyl (C=O) groups is 2. The van der Waals surface area contributed by atoms with Crippen LogP contribution in [0.25, 0.3) is 0 Å². The minimum atomic E-state index is -1.03. The number of rotatable bonds is 5. The van der Waals surface area contributed by atoms with Gasteiger partial charge in [-0.25, -0.2) is 9.59 Å². The molecule has 2 aliphatic rings. The lowest BCUT2D eigenvalue weighted by Crippen LogP contribution is -2.61. The molecule has 2 N–H and O–H groups in total. The maximum atomic E-state index is 12.4. The Morgan fingerprint density at radius 1 is 1.45 bits per heavy atom. The lowest BCUT2D eigenvalue weighted by atomic mass is 9.77. The minimum Gasteiger partial charge on any atom is -0.480 e. The summed E-state index contributed by atoms with van der Waals surface area (Å²) in [6.45, 7) is 0.573. The van der Waals surface area contributed by atoms with Gasteiger partial charge in [0.05, 0.1) is 6.54 Å². The number of nitrogens with one attached hydrogen (secondary N) is 1. The summed E-state index contributed by atoms with van der Waals surface area (Å²) in [4.78, 5) is 26.7. The summed E-state index contributed by atoms with van der Waals surface area (Å²) >= 11 is 1.62. The zero-order valence-corrected chi connectivity index (χ0v) is 12.0. The number of hydrogen-bond donors (Lipinski definition) is 2. The fourth-order valence-electron chi connectivity index (χ4n) is 2.52. The first-order valence-corrected chi connectivity index (χ1v) is 7.83. The van der Waals surface area contributed by atoms with Crippen LogP contribution in [0.1, 0.15) is 37.0 Å². The Kier molecular flexibility index (Phi) is 3.41. The molecule has 108 valence electrons. The third-order valence-corrected chi connectivity index (χ3v) is 4.98. The van der Waals surface area contributed by atoms with E-state index in [0.29, 0.717) is 19.4 Å². The highest BCUT2D eigenvalue weighted by Gasteiger charge is 2.47. The van der Waals surface area contributed by atoms with Crippen molar-refractivity contribution >= 4 is 23.3 Å². The van der Waals surface area contributed by atoms with E-state index < -0.39 is 11.5 Å². The van der Waals surface area contributed by atoms with Gasteiger partial charge >= 0.3 is 12.0 Å². The average Bonchev–Trinajstić information content (AvgIpc) is 3.07. The number of thiophene rings is 1. The highest BCUT2D eigenvalue weighted by atomic mass is 32.1. The van der Waals surface area contributed by atoms with Crippen LogP contribution in [0.4, 0.5) is 4.79 Å². The Labute approximate surface area is 121 Å². The summed E-state index contributed by atoms with van der Waals surface area (Å²) in [5.74, 6) is -0.913. The van der Waals surface area contributed by atoms with E-state index in [2.05, 4.69) is 5.32 Å². The molecule has 0 spiro atoms. The van der Waals surface area contributed by atoms with Crippen molar-refractivity contribution in [3.05, 3.63) is 22.4 Å². The number of aliphatic carboxylic acids is 1. The molecule has 2 saturated carbocycles. The van der Waals surface area contributed by atoms with Crippen LogP contribution in [0.5, 0.6) is 0 Å². The van der Waals surface area contributed by atoms with Gasteiger partial charge in [0, 0.05) is 10.9 Å². The largest absolute Gasteiger partial charge is 0.480 e. The highest BCUT2D eigenvalue weighted by Crippen LogP contribution is 2.34. The van der Waals surface area contributed by atoms with E-state index in [1.807, 2.05) is 17.5 Å². The Morgan fingerprint density at radius 2 is 2.20 bits per heavy atom. The Hall–Kier alpha value is -1.56. The van der Waals surface area contributed by atoms with Crippen LogP contribution in [0.3, 0.4) is 0 Å². The fraction of sp³-hybridized carbons (Fsp3) is 0.571. The third-order valence-electron chi connectivity index (χ3n) is 4.12. The summed E-state index contributed by atoms with van der Waals surface area (Å²) in [6.07, 6.45) is 3.95. The predicted molar refractivity (Wildman–Crippen MR) is 75.6 cm³/mol. The molecule has 1 aromatic rings. The van der Waals surface area contributed by atoms with Crippen LogP contribution in [0.15, 0.2) is 17.5 Å². The third kappa shape index (κ3) is 2.52. The van der Waals surface area contributed by atoms with Gasteiger partial charge in [0.15, 0.2) is 0 Å². The molecule has 6 heteroatoms. The molecule has 2 fully saturated rings. The number of carbonyl (C=O) groups excluding carboxylic acids is 1. The summed E-state index contributed by atoms with van der Waals surface area (Å²) in [5.41, 5.74) is -1.03. The minimum absolute atomic E-state index is 0.233. The van der Waals surface area contributed by atoms with Crippen LogP contribution >= 0.6 is 11.3 Å². The van der Waals surface area contributed by atoms with Gasteiger partial charge < -0.3 is 15.3 Å². The zero-order chi connectivity index (χ0) is 14.2. The van der Waals surface area contributed by atoms with Crippen molar-refractivity contribution in [1.82, 2.24) is 10.2 Å². The van der Waals surface area contributed by atoms with Gasteiger partial charge in [0.1, 0.15) is 5.54 Å². The quantitative estimate of drug-likeness (QED) is 0.876. The molecule has 2 aliphatic carbocycles. The predicted octanol–water partition coefficient (Wildman–Crippen LogP) is 2.43. The zero-order valence-electron chi connectivity index (χ0n) is 11.2. The molecular weight excluding hydrogens is 276 g/mol. The molecule has 0 aromatic carbocycles. The SMILES string of the molecule is O=C(NC1(C(=O)O)CCC1)N(Cc1cccs1)C1CC1. The number of nitrogens with zero attached hydrogens (tertiary/aromatic N) is 1. The van der Waals surface area contributed by atoms with Crippen molar-refractivity contribution < 1.29 is 14.7 Å². The van der Waals surface area contributed by atoms with E-state index in [1.54, 1.807) is 16.2 Å². The molecule has 2 amide bonds. The first-order chi connectivity index (χ1) is 9.61. The lowest BCUT2D eigenvalue weighted by molar-refractivity contribution is -0.148. The topological polar surface area (TPSA) is 69.6 Å². The van der Waals surface area contributed by atoms with Crippen molar-refractivity contribution in [2.24, 2.45) is 0 Å². The number of carboxylic acid groups (broad SMARTS) is 1. The van der Waals surface area contributed by atoms with E-state index in [-0.39, 0.29) is 12.1 Å². The Balaban J connectivity index is 1.68. The smallest absolute Gasteiger partial charge is 0.329 e. The molecule has 0 atom stereocenters. The summed E-state index contributed by atoms with van der Waals surface area (Å²) in [7, 11) is 0. The normalized spacial score (nSPS) is 20.0. The maximum absolute atomic E-state index is 12.4. The molecule has 0 saturated heterocycles. The molecule has 5 nitrogen and oxygen atoms in total. The number of carboxylic acids is 1. The summed E-state index contributed by atoms with van der Waals surface area (Å²) in [5, 5.41) is 14.0. The first kappa shape index (κ1) is 13.4. The first-order valence-electron chi connectivity index (χ1n) is 6.95. The Bertz CT molecular complexity index is 506. The second-order valence-corrected chi connectivity index (χ2v) is 6.64. The van der Waals surface area contributed by atoms with Crippen molar-refractivity contribution in [2.45, 2.75) is 50.2 Å². The maximum Gasteiger partial charge on any atom is 0.329 e. The molecule has 3 rings (SSSR count). The second-order valence-electron chi connectivity index (χ2n) is 5.61. The van der Waals surface area contributed by atoms with Crippen molar-refractivity contribution in [2.75, 3.05) is 0 Å². The lowest BCUT2D eigenvalue weighted by Gasteiger charge is -2.39. The summed E-state index contributed by atoms with van der Waals surface area (Å²) in [6, 6.07) is 4.00. The van der Waals surface area contributed by atoms with Gasteiger partial charge in [-0.15, -0.1) is 11.3 Å². The van der Waals surface area contributed by atoms with E-state index in [4.69, 9.17) is 0 Å². The van der Waals surface area contributed by atoms with E-state index >= 15 is 0 Å². The standard InChI is InChI=1S/C14H18N2O3S/c17-12(18)14(6-2-7-14)15-13(19)16(10-4-5-10)9-11-3-1-8-20-11/h1,3,8,10H,2,4-7,9H2,(H,15,19)(H,17,18). The molecule has 0 unspecified atom stereocenters. The van der Waals surface area contributed by atoms with Crippen molar-refractivity contribution in [1.29, 1.82) is 0 Å². The van der Waals surface area contributed by atoms with Crippen LogP contribution < -0.4 is 5.32 Å². The van der Waals surface area contributed by atoms with Gasteiger partial charge in [0.25, 0.3) is 0 Å². The summed E-state index contributed by atoms with van der Waals surface area (Å²) < 4.78 is 0. The average molecular weight is 294 g/mol. The highest BCUT2D eigenvalue weighted by molar-refractivity contribution is 7.09. The second kappa shape index (κ2) is 5.09. The molecule has 1 heterocycles. The fourth-order valence-corrected chi connectivity index (χ4v) is 3.23. The van der Waals surface area contributed by atoms with Gasteiger partial charge in [-0.2, -0.15) is 0 Å². The van der Waals surface area contributed by atoms with Crippen LogP contribution in [0, 0.1) is 0 Å². The number of amides is 2. The monoisotopic (exact) mass is 294 g/mol. The van der Waals surface area contributed by atoms with Gasteiger partial charge in [-0.3, -0.25) is 0 Å². The van der Waals surface area contributed by atoms with Crippen LogP contribution in [-0.2, 0) is 11.3 Å².